The van der Waals surface area contributed by atoms with Gasteiger partial charge in [0.1, 0.15) is 0 Å². The topological polar surface area (TPSA) is 73.8 Å². The summed E-state index contributed by atoms with van der Waals surface area (Å²) in [5, 5.41) is 0. The first kappa shape index (κ1) is 12.0. The lowest BCUT2D eigenvalue weighted by Gasteiger charge is -2.27. The molecule has 1 aliphatic rings. The van der Waals surface area contributed by atoms with Crippen molar-refractivity contribution < 1.29 is 19.2 Å². The van der Waals surface area contributed by atoms with Crippen molar-refractivity contribution in [1.29, 1.82) is 0 Å². The molecule has 1 heterocycles. The predicted octanol–water partition coefficient (Wildman–Crippen LogP) is -1.67. The van der Waals surface area contributed by atoms with Crippen LogP contribution in [-0.2, 0) is 14.3 Å². The van der Waals surface area contributed by atoms with Crippen LogP contribution >= 0.6 is 0 Å². The molecule has 1 rings (SSSR count). The number of hydrogen-bond acceptors (Lipinski definition) is 3. The maximum atomic E-state index is 10.9. The zero-order chi connectivity index (χ0) is 11.3. The van der Waals surface area contributed by atoms with Crippen LogP contribution < -0.4 is 10.6 Å². The molecule has 1 aliphatic heterocycles. The largest absolute Gasteiger partial charge is 0.469 e. The molecule has 15 heavy (non-hydrogen) atoms. The minimum Gasteiger partial charge on any atom is -0.469 e. The number of esters is 1. The van der Waals surface area contributed by atoms with Crippen molar-refractivity contribution >= 4 is 11.9 Å². The highest BCUT2D eigenvalue weighted by molar-refractivity contribution is 5.76. The molecule has 0 radical (unpaired) electrons. The molecule has 1 fully saturated rings. The van der Waals surface area contributed by atoms with Gasteiger partial charge in [-0.2, -0.15) is 0 Å². The van der Waals surface area contributed by atoms with Gasteiger partial charge in [-0.3, -0.25) is 9.59 Å². The Morgan fingerprint density at radius 1 is 1.40 bits per heavy atom. The number of amides is 1. The van der Waals surface area contributed by atoms with E-state index in [4.69, 9.17) is 5.73 Å². The van der Waals surface area contributed by atoms with Crippen molar-refractivity contribution in [2.75, 3.05) is 26.7 Å². The predicted molar refractivity (Wildman–Crippen MR) is 54.1 cm³/mol. The summed E-state index contributed by atoms with van der Waals surface area (Å²) >= 11 is 0. The lowest BCUT2D eigenvalue weighted by atomic mass is 9.96. The first-order valence-electron chi connectivity index (χ1n) is 5.33. The van der Waals surface area contributed by atoms with Crippen LogP contribution in [0, 0.1) is 5.92 Å². The quantitative estimate of drug-likeness (QED) is 0.551. The molecule has 0 saturated carbocycles. The summed E-state index contributed by atoms with van der Waals surface area (Å²) in [5.74, 6) is -0.326. The molecule has 86 valence electrons. The molecular weight excluding hydrogens is 196 g/mol. The van der Waals surface area contributed by atoms with Gasteiger partial charge in [0.25, 0.3) is 0 Å². The van der Waals surface area contributed by atoms with E-state index in [1.54, 1.807) is 0 Å². The van der Waals surface area contributed by atoms with Crippen molar-refractivity contribution in [3.05, 3.63) is 0 Å². The van der Waals surface area contributed by atoms with E-state index < -0.39 is 0 Å². The number of rotatable bonds is 4. The van der Waals surface area contributed by atoms with Gasteiger partial charge < -0.3 is 15.4 Å². The Morgan fingerprint density at radius 2 is 2.00 bits per heavy atom. The van der Waals surface area contributed by atoms with Crippen LogP contribution in [0.25, 0.3) is 0 Å². The van der Waals surface area contributed by atoms with Gasteiger partial charge in [-0.1, -0.05) is 0 Å². The number of piperidine rings is 1. The number of likely N-dealkylation sites (tertiary alicyclic amines) is 1. The molecule has 0 spiro atoms. The second kappa shape index (κ2) is 5.70. The van der Waals surface area contributed by atoms with Gasteiger partial charge in [-0.25, -0.2) is 0 Å². The number of ether oxygens (including phenoxy) is 1. The summed E-state index contributed by atoms with van der Waals surface area (Å²) in [6, 6.07) is 0. The number of methoxy groups -OCH3 is 1. The molecule has 0 bridgehead atoms. The Balaban J connectivity index is 2.20. The number of carbonyl (C=O) groups excluding carboxylic acids is 2. The highest BCUT2D eigenvalue weighted by Gasteiger charge is 2.25. The van der Waals surface area contributed by atoms with Crippen molar-refractivity contribution in [3.8, 4) is 0 Å². The van der Waals surface area contributed by atoms with Crippen molar-refractivity contribution in [3.63, 3.8) is 0 Å². The van der Waals surface area contributed by atoms with Gasteiger partial charge in [0.15, 0.2) is 0 Å². The van der Waals surface area contributed by atoms with E-state index in [0.717, 1.165) is 32.5 Å². The normalized spacial score (nSPS) is 25.9. The van der Waals surface area contributed by atoms with Gasteiger partial charge in [-0.05, 0) is 0 Å². The third kappa shape index (κ3) is 3.87. The minimum absolute atomic E-state index is 0.0341. The lowest BCUT2D eigenvalue weighted by Crippen LogP contribution is -3.13. The Hall–Kier alpha value is -1.10. The molecule has 0 aromatic carbocycles. The third-order valence-corrected chi connectivity index (χ3v) is 3.01. The monoisotopic (exact) mass is 215 g/mol. The number of carbonyl (C=O) groups is 2. The van der Waals surface area contributed by atoms with E-state index in [1.165, 1.54) is 12.0 Å². The Labute approximate surface area is 89.6 Å². The Kier molecular flexibility index (Phi) is 4.55. The summed E-state index contributed by atoms with van der Waals surface area (Å²) in [5.41, 5.74) is 5.23. The van der Waals surface area contributed by atoms with Gasteiger partial charge in [-0.15, -0.1) is 0 Å². The fourth-order valence-electron chi connectivity index (χ4n) is 1.94. The molecule has 0 aromatic heterocycles. The van der Waals surface area contributed by atoms with E-state index in [-0.39, 0.29) is 17.8 Å². The minimum atomic E-state index is -0.193. The van der Waals surface area contributed by atoms with Crippen molar-refractivity contribution in [2.45, 2.75) is 19.3 Å². The van der Waals surface area contributed by atoms with Crippen LogP contribution in [0.4, 0.5) is 0 Å². The summed E-state index contributed by atoms with van der Waals surface area (Å²) in [6.45, 7) is 2.63. The zero-order valence-electron chi connectivity index (χ0n) is 9.12. The maximum absolute atomic E-state index is 10.9. The van der Waals surface area contributed by atoms with Crippen LogP contribution in [-0.4, -0.2) is 38.6 Å². The SMILES string of the molecule is COC(=O)CC[NH+]1CCC(C(N)=O)CC1. The molecular formula is C10H19N2O3+. The van der Waals surface area contributed by atoms with Gasteiger partial charge in [0.05, 0.1) is 33.2 Å². The summed E-state index contributed by atoms with van der Waals surface area (Å²) in [4.78, 5) is 23.2. The van der Waals surface area contributed by atoms with Crippen LogP contribution in [0.2, 0.25) is 0 Å². The first-order chi connectivity index (χ1) is 7.13. The molecule has 5 heteroatoms. The summed E-state index contributed by atoms with van der Waals surface area (Å²) in [6.07, 6.45) is 2.13. The van der Waals surface area contributed by atoms with Crippen molar-refractivity contribution in [1.82, 2.24) is 0 Å². The van der Waals surface area contributed by atoms with Gasteiger partial charge >= 0.3 is 5.97 Å². The van der Waals surface area contributed by atoms with Gasteiger partial charge in [0, 0.05) is 18.8 Å². The Bertz CT molecular complexity index is 235. The number of primary amides is 1. The van der Waals surface area contributed by atoms with E-state index >= 15 is 0 Å². The second-order valence-corrected chi connectivity index (χ2v) is 4.00. The highest BCUT2D eigenvalue weighted by Crippen LogP contribution is 2.07. The fraction of sp³-hybridized carbons (Fsp3) is 0.800. The van der Waals surface area contributed by atoms with E-state index in [0.29, 0.717) is 6.42 Å². The third-order valence-electron chi connectivity index (χ3n) is 3.01. The molecule has 0 unspecified atom stereocenters. The maximum Gasteiger partial charge on any atom is 0.311 e. The number of nitrogens with two attached hydrogens (primary N) is 1. The Morgan fingerprint density at radius 3 is 2.47 bits per heavy atom. The standard InChI is InChI=1S/C10H18N2O3/c1-15-9(13)4-7-12-5-2-8(3-6-12)10(11)14/h8H,2-7H2,1H3,(H2,11,14)/p+1. The average Bonchev–Trinajstić information content (AvgIpc) is 2.26. The molecule has 0 aromatic rings. The summed E-state index contributed by atoms with van der Waals surface area (Å²) < 4.78 is 4.57. The second-order valence-electron chi connectivity index (χ2n) is 4.00. The summed E-state index contributed by atoms with van der Waals surface area (Å²) in [7, 11) is 1.40. The van der Waals surface area contributed by atoms with Gasteiger partial charge in [0.2, 0.25) is 5.91 Å². The van der Waals surface area contributed by atoms with Crippen LogP contribution in [0.15, 0.2) is 0 Å². The highest BCUT2D eigenvalue weighted by atomic mass is 16.5. The van der Waals surface area contributed by atoms with Crippen molar-refractivity contribution in [2.24, 2.45) is 11.7 Å². The molecule has 1 amide bonds. The van der Waals surface area contributed by atoms with Crippen LogP contribution in [0.3, 0.4) is 0 Å². The van der Waals surface area contributed by atoms with E-state index in [2.05, 4.69) is 4.74 Å². The smallest absolute Gasteiger partial charge is 0.311 e. The molecule has 0 atom stereocenters. The van der Waals surface area contributed by atoms with Crippen LogP contribution in [0.1, 0.15) is 19.3 Å². The molecule has 0 aliphatic carbocycles. The zero-order valence-corrected chi connectivity index (χ0v) is 9.12. The molecule has 5 nitrogen and oxygen atoms in total. The first-order valence-corrected chi connectivity index (χ1v) is 5.33. The number of hydrogen-bond donors (Lipinski definition) is 2. The number of quaternary nitrogens is 1. The molecule has 1 saturated heterocycles. The van der Waals surface area contributed by atoms with E-state index in [9.17, 15) is 9.59 Å². The van der Waals surface area contributed by atoms with E-state index in [1.807, 2.05) is 0 Å². The van der Waals surface area contributed by atoms with Crippen LogP contribution in [0.5, 0.6) is 0 Å². The lowest BCUT2D eigenvalue weighted by molar-refractivity contribution is -0.905. The number of nitrogens with one attached hydrogen (secondary N) is 1. The molecule has 3 N–H and O–H groups in total. The fourth-order valence-corrected chi connectivity index (χ4v) is 1.94. The average molecular weight is 215 g/mol.